The largest absolute Gasteiger partial charge is 0.468 e. The number of benzene rings is 2. The van der Waals surface area contributed by atoms with Crippen LogP contribution >= 0.6 is 23.1 Å². The van der Waals surface area contributed by atoms with E-state index in [1.165, 1.54) is 58.1 Å². The lowest BCUT2D eigenvalue weighted by atomic mass is 10.1. The summed E-state index contributed by atoms with van der Waals surface area (Å²) in [4.78, 5) is 19.8. The lowest BCUT2D eigenvalue weighted by molar-refractivity contribution is 0.102. The SMILES string of the molecule is CN(Cc1ccco1)S(=O)(=O)c1ccc(C(=O)Nc2nc3c(s2)CSc2ccccc2-3)cc1. The van der Waals surface area contributed by atoms with E-state index in [1.807, 2.05) is 18.2 Å². The van der Waals surface area contributed by atoms with Gasteiger partial charge in [0.05, 0.1) is 23.4 Å². The fraction of sp³-hybridized carbons (Fsp3) is 0.130. The predicted octanol–water partition coefficient (Wildman–Crippen LogP) is 5.08. The molecule has 0 saturated heterocycles. The zero-order valence-electron chi connectivity index (χ0n) is 17.5. The first kappa shape index (κ1) is 21.9. The molecule has 0 unspecified atom stereocenters. The van der Waals surface area contributed by atoms with Gasteiger partial charge in [-0.25, -0.2) is 13.4 Å². The number of fused-ring (bicyclic) bond motifs is 3. The molecule has 2 aromatic carbocycles. The Balaban J connectivity index is 1.30. The van der Waals surface area contributed by atoms with E-state index in [0.717, 1.165) is 21.9 Å². The first-order valence-electron chi connectivity index (χ1n) is 10.0. The molecule has 1 N–H and O–H groups in total. The topological polar surface area (TPSA) is 92.5 Å². The van der Waals surface area contributed by atoms with E-state index in [9.17, 15) is 13.2 Å². The highest BCUT2D eigenvalue weighted by Gasteiger charge is 2.24. The number of anilines is 1. The van der Waals surface area contributed by atoms with Crippen molar-refractivity contribution in [1.29, 1.82) is 0 Å². The zero-order valence-corrected chi connectivity index (χ0v) is 20.0. The second-order valence-electron chi connectivity index (χ2n) is 7.39. The molecular formula is C23H19N3O4S3. The third kappa shape index (κ3) is 4.34. The molecule has 4 aromatic rings. The quantitative estimate of drug-likeness (QED) is 0.399. The van der Waals surface area contributed by atoms with Gasteiger partial charge in [0.1, 0.15) is 5.76 Å². The van der Waals surface area contributed by atoms with Gasteiger partial charge in [0.15, 0.2) is 5.13 Å². The molecule has 2 aromatic heterocycles. The number of furan rings is 1. The van der Waals surface area contributed by atoms with Gasteiger partial charge in [0.25, 0.3) is 5.91 Å². The summed E-state index contributed by atoms with van der Waals surface area (Å²) in [5, 5.41) is 3.37. The smallest absolute Gasteiger partial charge is 0.257 e. The number of thiazole rings is 1. The average molecular weight is 498 g/mol. The number of aromatic nitrogens is 1. The molecule has 0 aliphatic carbocycles. The van der Waals surface area contributed by atoms with Crippen LogP contribution in [0.15, 0.2) is 81.1 Å². The molecule has 168 valence electrons. The highest BCUT2D eigenvalue weighted by molar-refractivity contribution is 7.98. The second-order valence-corrected chi connectivity index (χ2v) is 11.5. The first-order chi connectivity index (χ1) is 15.9. The number of amides is 1. The van der Waals surface area contributed by atoms with Gasteiger partial charge >= 0.3 is 0 Å². The summed E-state index contributed by atoms with van der Waals surface area (Å²) in [6, 6.07) is 17.4. The highest BCUT2D eigenvalue weighted by Crippen LogP contribution is 2.44. The summed E-state index contributed by atoms with van der Waals surface area (Å²) < 4.78 is 32.1. The van der Waals surface area contributed by atoms with E-state index < -0.39 is 10.0 Å². The number of hydrogen-bond acceptors (Lipinski definition) is 7. The number of nitrogens with one attached hydrogen (secondary N) is 1. The predicted molar refractivity (Wildman–Crippen MR) is 129 cm³/mol. The average Bonchev–Trinajstić information content (AvgIpc) is 3.48. The van der Waals surface area contributed by atoms with Gasteiger partial charge in [-0.15, -0.1) is 23.1 Å². The maximum atomic E-state index is 12.8. The van der Waals surface area contributed by atoms with Gasteiger partial charge in [-0.05, 0) is 42.5 Å². The molecule has 5 rings (SSSR count). The van der Waals surface area contributed by atoms with Crippen molar-refractivity contribution in [2.24, 2.45) is 0 Å². The first-order valence-corrected chi connectivity index (χ1v) is 13.3. The Morgan fingerprint density at radius 2 is 1.91 bits per heavy atom. The number of rotatable bonds is 6. The Hall–Kier alpha value is -2.92. The fourth-order valence-electron chi connectivity index (χ4n) is 3.48. The van der Waals surface area contributed by atoms with Crippen LogP contribution in [0.5, 0.6) is 0 Å². The Labute approximate surface area is 199 Å². The lowest BCUT2D eigenvalue weighted by Crippen LogP contribution is -2.26. The van der Waals surface area contributed by atoms with E-state index >= 15 is 0 Å². The third-order valence-electron chi connectivity index (χ3n) is 5.20. The summed E-state index contributed by atoms with van der Waals surface area (Å²) in [5.74, 6) is 1.02. The van der Waals surface area contributed by atoms with Crippen molar-refractivity contribution >= 4 is 44.2 Å². The molecule has 33 heavy (non-hydrogen) atoms. The maximum absolute atomic E-state index is 12.8. The Bertz CT molecular complexity index is 1410. The van der Waals surface area contributed by atoms with Crippen molar-refractivity contribution in [3.63, 3.8) is 0 Å². The van der Waals surface area contributed by atoms with E-state index in [1.54, 1.807) is 23.9 Å². The second kappa shape index (κ2) is 8.79. The van der Waals surface area contributed by atoms with Crippen molar-refractivity contribution in [2.75, 3.05) is 12.4 Å². The molecule has 1 aliphatic heterocycles. The number of sulfonamides is 1. The Morgan fingerprint density at radius 1 is 1.12 bits per heavy atom. The molecule has 1 aliphatic rings. The van der Waals surface area contributed by atoms with Gasteiger partial charge in [-0.2, -0.15) is 4.31 Å². The van der Waals surface area contributed by atoms with Crippen LogP contribution in [-0.4, -0.2) is 30.7 Å². The van der Waals surface area contributed by atoms with Crippen LogP contribution in [0, 0.1) is 0 Å². The number of hydrogen-bond donors (Lipinski definition) is 1. The Morgan fingerprint density at radius 3 is 2.67 bits per heavy atom. The molecule has 0 spiro atoms. The minimum atomic E-state index is -3.72. The summed E-state index contributed by atoms with van der Waals surface area (Å²) in [7, 11) is -2.23. The molecule has 0 fully saturated rings. The molecule has 10 heteroatoms. The Kier molecular flexibility index (Phi) is 5.83. The van der Waals surface area contributed by atoms with E-state index in [-0.39, 0.29) is 17.3 Å². The van der Waals surface area contributed by atoms with E-state index in [4.69, 9.17) is 4.42 Å². The third-order valence-corrected chi connectivity index (χ3v) is 9.27. The van der Waals surface area contributed by atoms with Crippen LogP contribution < -0.4 is 5.32 Å². The van der Waals surface area contributed by atoms with Crippen LogP contribution in [0.2, 0.25) is 0 Å². The molecule has 7 nitrogen and oxygen atoms in total. The van der Waals surface area contributed by atoms with Crippen molar-refractivity contribution in [2.45, 2.75) is 22.1 Å². The number of nitrogens with zero attached hydrogens (tertiary/aromatic N) is 2. The van der Waals surface area contributed by atoms with Gasteiger partial charge in [0.2, 0.25) is 10.0 Å². The fourth-order valence-corrected chi connectivity index (χ4v) is 6.71. The molecule has 0 saturated carbocycles. The molecule has 0 atom stereocenters. The number of carbonyl (C=O) groups excluding carboxylic acids is 1. The van der Waals surface area contributed by atoms with Crippen LogP contribution in [-0.2, 0) is 22.3 Å². The monoisotopic (exact) mass is 497 g/mol. The minimum Gasteiger partial charge on any atom is -0.468 e. The van der Waals surface area contributed by atoms with Crippen LogP contribution in [0.1, 0.15) is 21.0 Å². The van der Waals surface area contributed by atoms with E-state index in [0.29, 0.717) is 16.5 Å². The number of thioether (sulfide) groups is 1. The molecule has 0 radical (unpaired) electrons. The van der Waals surface area contributed by atoms with Gasteiger partial charge < -0.3 is 4.42 Å². The summed E-state index contributed by atoms with van der Waals surface area (Å²) in [5.41, 5.74) is 2.34. The van der Waals surface area contributed by atoms with Gasteiger partial charge in [-0.3, -0.25) is 10.1 Å². The number of carbonyl (C=O) groups is 1. The molecule has 1 amide bonds. The van der Waals surface area contributed by atoms with Crippen molar-refractivity contribution in [3.8, 4) is 11.3 Å². The van der Waals surface area contributed by atoms with Crippen molar-refractivity contribution in [1.82, 2.24) is 9.29 Å². The van der Waals surface area contributed by atoms with Gasteiger partial charge in [0, 0.05) is 33.7 Å². The molecular weight excluding hydrogens is 478 g/mol. The normalized spacial score (nSPS) is 12.9. The molecule has 0 bridgehead atoms. The maximum Gasteiger partial charge on any atom is 0.257 e. The van der Waals surface area contributed by atoms with Crippen LogP contribution in [0.4, 0.5) is 5.13 Å². The van der Waals surface area contributed by atoms with E-state index in [2.05, 4.69) is 16.4 Å². The lowest BCUT2D eigenvalue weighted by Gasteiger charge is -2.16. The summed E-state index contributed by atoms with van der Waals surface area (Å²) in [6.07, 6.45) is 1.50. The van der Waals surface area contributed by atoms with Crippen molar-refractivity contribution in [3.05, 3.63) is 83.1 Å². The molecule has 3 heterocycles. The standard InChI is InChI=1S/C23H19N3O4S3/c1-26(13-16-5-4-12-30-16)33(28,29)17-10-8-15(9-11-17)22(27)25-23-24-21-18-6-2-3-7-19(18)31-14-20(21)32-23/h2-12H,13-14H2,1H3,(H,24,25,27). The minimum absolute atomic E-state index is 0.103. The summed E-state index contributed by atoms with van der Waals surface area (Å²) in [6.45, 7) is 0.119. The summed E-state index contributed by atoms with van der Waals surface area (Å²) >= 11 is 3.22. The van der Waals surface area contributed by atoms with Crippen molar-refractivity contribution < 1.29 is 17.6 Å². The van der Waals surface area contributed by atoms with Crippen LogP contribution in [0.25, 0.3) is 11.3 Å². The van der Waals surface area contributed by atoms with Crippen LogP contribution in [0.3, 0.4) is 0 Å². The van der Waals surface area contributed by atoms with Gasteiger partial charge in [-0.1, -0.05) is 18.2 Å². The zero-order chi connectivity index (χ0) is 23.0. The highest BCUT2D eigenvalue weighted by atomic mass is 32.2.